The SMILES string of the molecule is O=[C]Nc1nc(C(F)(F)F)nc2c1ncn2CCCO. The van der Waals surface area contributed by atoms with Gasteiger partial charge in [-0.05, 0) is 6.42 Å². The Morgan fingerprint density at radius 2 is 2.15 bits per heavy atom. The van der Waals surface area contributed by atoms with Crippen molar-refractivity contribution in [1.29, 1.82) is 0 Å². The van der Waals surface area contributed by atoms with Crippen LogP contribution in [0.25, 0.3) is 11.2 Å². The summed E-state index contributed by atoms with van der Waals surface area (Å²) in [5.74, 6) is -1.74. The zero-order chi connectivity index (χ0) is 14.8. The van der Waals surface area contributed by atoms with Crippen LogP contribution in [0.1, 0.15) is 12.2 Å². The number of aliphatic hydroxyl groups excluding tert-OH is 1. The number of amides is 1. The van der Waals surface area contributed by atoms with Gasteiger partial charge in [0, 0.05) is 13.2 Å². The third-order valence-corrected chi connectivity index (χ3v) is 2.44. The van der Waals surface area contributed by atoms with Crippen LogP contribution in [0.2, 0.25) is 0 Å². The Labute approximate surface area is 110 Å². The highest BCUT2D eigenvalue weighted by atomic mass is 19.4. The first-order valence-corrected chi connectivity index (χ1v) is 5.51. The number of carbonyl (C=O) groups excluding carboxylic acids is 1. The van der Waals surface area contributed by atoms with Crippen molar-refractivity contribution in [3.05, 3.63) is 12.2 Å². The van der Waals surface area contributed by atoms with Crippen molar-refractivity contribution in [2.24, 2.45) is 0 Å². The Hall–Kier alpha value is -2.23. The maximum Gasteiger partial charge on any atom is 0.451 e. The van der Waals surface area contributed by atoms with Gasteiger partial charge in [0.15, 0.2) is 17.0 Å². The summed E-state index contributed by atoms with van der Waals surface area (Å²) in [7, 11) is 0. The second-order valence-electron chi connectivity index (χ2n) is 3.81. The van der Waals surface area contributed by atoms with Gasteiger partial charge in [-0.2, -0.15) is 13.2 Å². The fraction of sp³-hybridized carbons (Fsp3) is 0.400. The van der Waals surface area contributed by atoms with Gasteiger partial charge in [-0.1, -0.05) is 0 Å². The van der Waals surface area contributed by atoms with E-state index in [0.29, 0.717) is 6.42 Å². The van der Waals surface area contributed by atoms with Crippen LogP contribution in [0.5, 0.6) is 0 Å². The van der Waals surface area contributed by atoms with Crippen molar-refractivity contribution in [3.8, 4) is 0 Å². The average Bonchev–Trinajstić information content (AvgIpc) is 2.79. The summed E-state index contributed by atoms with van der Waals surface area (Å²) < 4.78 is 39.5. The van der Waals surface area contributed by atoms with Crippen molar-refractivity contribution in [1.82, 2.24) is 19.5 Å². The van der Waals surface area contributed by atoms with E-state index in [-0.39, 0.29) is 30.1 Å². The van der Waals surface area contributed by atoms with Gasteiger partial charge < -0.3 is 15.0 Å². The molecule has 2 N–H and O–H groups in total. The molecule has 20 heavy (non-hydrogen) atoms. The summed E-state index contributed by atoms with van der Waals surface area (Å²) >= 11 is 0. The lowest BCUT2D eigenvalue weighted by Crippen LogP contribution is -2.14. The summed E-state index contributed by atoms with van der Waals surface area (Å²) in [4.78, 5) is 20.8. The molecule has 0 aliphatic carbocycles. The number of nitrogens with one attached hydrogen (secondary N) is 1. The lowest BCUT2D eigenvalue weighted by molar-refractivity contribution is -0.144. The zero-order valence-electron chi connectivity index (χ0n) is 9.98. The number of hydrogen-bond donors (Lipinski definition) is 2. The Morgan fingerprint density at radius 3 is 2.75 bits per heavy atom. The van der Waals surface area contributed by atoms with E-state index in [9.17, 15) is 18.0 Å². The molecule has 0 aromatic carbocycles. The van der Waals surface area contributed by atoms with Crippen LogP contribution in [-0.2, 0) is 17.5 Å². The van der Waals surface area contributed by atoms with Gasteiger partial charge in [0.05, 0.1) is 6.33 Å². The van der Waals surface area contributed by atoms with Gasteiger partial charge in [0.25, 0.3) is 0 Å². The van der Waals surface area contributed by atoms with Gasteiger partial charge >= 0.3 is 12.6 Å². The molecule has 0 aliphatic heterocycles. The highest BCUT2D eigenvalue weighted by Gasteiger charge is 2.36. The van der Waals surface area contributed by atoms with Crippen LogP contribution in [0, 0.1) is 0 Å². The number of imidazole rings is 1. The van der Waals surface area contributed by atoms with Crippen LogP contribution in [0.3, 0.4) is 0 Å². The van der Waals surface area contributed by atoms with Crippen LogP contribution in [0.4, 0.5) is 19.0 Å². The number of aromatic nitrogens is 4. The van der Waals surface area contributed by atoms with Crippen LogP contribution in [0.15, 0.2) is 6.33 Å². The number of halogens is 3. The molecule has 10 heteroatoms. The fourth-order valence-electron chi connectivity index (χ4n) is 1.61. The minimum Gasteiger partial charge on any atom is -0.396 e. The Kier molecular flexibility index (Phi) is 3.84. The largest absolute Gasteiger partial charge is 0.451 e. The molecule has 1 amide bonds. The van der Waals surface area contributed by atoms with E-state index in [0.717, 1.165) is 0 Å². The van der Waals surface area contributed by atoms with Crippen LogP contribution < -0.4 is 5.32 Å². The fourth-order valence-corrected chi connectivity index (χ4v) is 1.61. The molecule has 7 nitrogen and oxygen atoms in total. The highest BCUT2D eigenvalue weighted by Crippen LogP contribution is 2.29. The van der Waals surface area contributed by atoms with Crippen LogP contribution >= 0.6 is 0 Å². The van der Waals surface area contributed by atoms with E-state index >= 15 is 0 Å². The number of alkyl halides is 3. The second-order valence-corrected chi connectivity index (χ2v) is 3.81. The monoisotopic (exact) mass is 288 g/mol. The molecule has 0 saturated heterocycles. The van der Waals surface area contributed by atoms with Crippen molar-refractivity contribution < 1.29 is 23.1 Å². The zero-order valence-corrected chi connectivity index (χ0v) is 9.98. The first-order chi connectivity index (χ1) is 9.47. The number of rotatable bonds is 5. The molecule has 2 heterocycles. The molecule has 0 bridgehead atoms. The maximum atomic E-state index is 12.7. The van der Waals surface area contributed by atoms with Crippen molar-refractivity contribution in [3.63, 3.8) is 0 Å². The number of nitrogens with zero attached hydrogens (tertiary/aromatic N) is 4. The molecular formula is C10H9F3N5O2. The van der Waals surface area contributed by atoms with E-state index in [2.05, 4.69) is 15.0 Å². The maximum absolute atomic E-state index is 12.7. The predicted molar refractivity (Wildman–Crippen MR) is 61.3 cm³/mol. The third kappa shape index (κ3) is 2.69. The van der Waals surface area contributed by atoms with E-state index in [1.54, 1.807) is 0 Å². The highest BCUT2D eigenvalue weighted by molar-refractivity contribution is 5.88. The number of fused-ring (bicyclic) bond motifs is 1. The summed E-state index contributed by atoms with van der Waals surface area (Å²) in [6.07, 6.45) is -1.89. The van der Waals surface area contributed by atoms with Crippen molar-refractivity contribution in [2.45, 2.75) is 19.1 Å². The summed E-state index contributed by atoms with van der Waals surface area (Å²) in [6.45, 7) is 0.121. The molecule has 2 rings (SSSR count). The number of hydrogen-bond acceptors (Lipinski definition) is 5. The Morgan fingerprint density at radius 1 is 1.40 bits per heavy atom. The summed E-state index contributed by atoms with van der Waals surface area (Å²) in [5, 5.41) is 10.7. The number of aryl methyl sites for hydroxylation is 1. The molecule has 2 aromatic rings. The molecule has 0 aliphatic rings. The molecular weight excluding hydrogens is 279 g/mol. The minimum absolute atomic E-state index is 0.0271. The lowest BCUT2D eigenvalue weighted by atomic mass is 10.4. The van der Waals surface area contributed by atoms with Crippen molar-refractivity contribution in [2.75, 3.05) is 11.9 Å². The first-order valence-electron chi connectivity index (χ1n) is 5.51. The molecule has 0 spiro atoms. The summed E-state index contributed by atoms with van der Waals surface area (Å²) in [5.41, 5.74) is -0.0437. The predicted octanol–water partition coefficient (Wildman–Crippen LogP) is 0.707. The van der Waals surface area contributed by atoms with Crippen LogP contribution in [-0.4, -0.2) is 37.6 Å². The smallest absolute Gasteiger partial charge is 0.396 e. The van der Waals surface area contributed by atoms with E-state index in [1.165, 1.54) is 17.3 Å². The molecule has 0 fully saturated rings. The number of aliphatic hydroxyl groups is 1. The van der Waals surface area contributed by atoms with Gasteiger partial charge in [0.2, 0.25) is 5.82 Å². The molecule has 1 radical (unpaired) electrons. The Bertz CT molecular complexity index is 625. The van der Waals surface area contributed by atoms with Gasteiger partial charge in [-0.15, -0.1) is 0 Å². The van der Waals surface area contributed by atoms with E-state index < -0.39 is 12.0 Å². The first kappa shape index (κ1) is 14.2. The van der Waals surface area contributed by atoms with E-state index in [1.807, 2.05) is 5.32 Å². The molecule has 107 valence electrons. The topological polar surface area (TPSA) is 92.9 Å². The molecule has 0 unspecified atom stereocenters. The standard InChI is InChI=1S/C10H9F3N5O2/c11-10(12,13)9-16-7(15-5-20)6-8(17-9)18(4-14-6)2-1-3-19/h4,19H,1-3H2,(H,15,16,17,20). The third-order valence-electron chi connectivity index (χ3n) is 2.44. The molecule has 0 atom stereocenters. The second kappa shape index (κ2) is 5.41. The molecule has 2 aromatic heterocycles. The van der Waals surface area contributed by atoms with Gasteiger partial charge in [0.1, 0.15) is 0 Å². The lowest BCUT2D eigenvalue weighted by Gasteiger charge is -2.08. The minimum atomic E-state index is -4.75. The summed E-state index contributed by atoms with van der Waals surface area (Å²) in [6, 6.07) is 0. The van der Waals surface area contributed by atoms with Gasteiger partial charge in [-0.25, -0.2) is 15.0 Å². The van der Waals surface area contributed by atoms with E-state index in [4.69, 9.17) is 5.11 Å². The van der Waals surface area contributed by atoms with Gasteiger partial charge in [-0.3, -0.25) is 4.79 Å². The molecule has 0 saturated carbocycles. The number of anilines is 1. The normalized spacial score (nSPS) is 11.8. The quantitative estimate of drug-likeness (QED) is 0.790. The van der Waals surface area contributed by atoms with Crippen molar-refractivity contribution >= 4 is 23.4 Å². The Balaban J connectivity index is 2.58. The average molecular weight is 288 g/mol.